The second-order valence-electron chi connectivity index (χ2n) is 8.60. The Morgan fingerprint density at radius 1 is 0.767 bits per heavy atom. The van der Waals surface area contributed by atoms with Crippen LogP contribution in [-0.4, -0.2) is 18.2 Å². The van der Waals surface area contributed by atoms with Crippen molar-refractivity contribution in [2.45, 2.75) is 26.7 Å². The van der Waals surface area contributed by atoms with Crippen LogP contribution in [0.15, 0.2) is 84.9 Å². The number of hydrogen-bond acceptors (Lipinski definition) is 3. The molecule has 3 aromatic carbocycles. The Labute approximate surface area is 178 Å². The summed E-state index contributed by atoms with van der Waals surface area (Å²) in [5.74, 6) is -1.46. The number of ketones is 2. The van der Waals surface area contributed by atoms with E-state index in [9.17, 15) is 14.2 Å². The molecule has 30 heavy (non-hydrogen) atoms. The van der Waals surface area contributed by atoms with E-state index in [0.29, 0.717) is 21.7 Å². The summed E-state index contributed by atoms with van der Waals surface area (Å²) in [6, 6.07) is 25.2. The molecule has 0 aromatic heterocycles. The van der Waals surface area contributed by atoms with E-state index in [4.69, 9.17) is 0 Å². The summed E-state index contributed by atoms with van der Waals surface area (Å²) in [4.78, 5) is 27.0. The molecule has 2 unspecified atom stereocenters. The molecule has 154 valence electrons. The second kappa shape index (κ2) is 8.53. The van der Waals surface area contributed by atoms with Gasteiger partial charge in [-0.15, -0.1) is 0 Å². The van der Waals surface area contributed by atoms with Gasteiger partial charge in [0.2, 0.25) is 0 Å². The average Bonchev–Trinajstić information content (AvgIpc) is 2.74. The largest absolute Gasteiger partial charge is 0.314 e. The van der Waals surface area contributed by atoms with Crippen molar-refractivity contribution < 1.29 is 14.2 Å². The fourth-order valence-corrected chi connectivity index (χ4v) is 5.66. The topological polar surface area (TPSA) is 51.2 Å². The summed E-state index contributed by atoms with van der Waals surface area (Å²) < 4.78 is 14.0. The summed E-state index contributed by atoms with van der Waals surface area (Å²) in [6.45, 7) is 7.14. The molecule has 0 amide bonds. The van der Waals surface area contributed by atoms with Gasteiger partial charge in [0.1, 0.15) is 13.1 Å². The standard InChI is InChI=1S/C26H27O3P/c1-26(2,3)25(28)23(24(27)19-13-7-5-8-14-19)21-17-11-12-18-22(21)30(4,29)20-15-9-6-10-16-20/h5-18,23H,1-4H3. The molecule has 0 N–H and O–H groups in total. The average molecular weight is 418 g/mol. The maximum Gasteiger partial charge on any atom is 0.177 e. The molecule has 0 saturated heterocycles. The molecular formula is C26H27O3P. The smallest absolute Gasteiger partial charge is 0.177 e. The van der Waals surface area contributed by atoms with Crippen LogP contribution in [0.3, 0.4) is 0 Å². The molecule has 0 aliphatic carbocycles. The number of Topliss-reactive ketones (excluding diaryl/α,β-unsaturated/α-hetero) is 2. The van der Waals surface area contributed by atoms with E-state index in [0.717, 1.165) is 0 Å². The molecule has 3 rings (SSSR count). The van der Waals surface area contributed by atoms with Crippen LogP contribution in [0.1, 0.15) is 42.6 Å². The van der Waals surface area contributed by atoms with Gasteiger partial charge in [-0.25, -0.2) is 0 Å². The van der Waals surface area contributed by atoms with Gasteiger partial charge in [-0.1, -0.05) is 106 Å². The molecule has 0 saturated carbocycles. The minimum Gasteiger partial charge on any atom is -0.314 e. The van der Waals surface area contributed by atoms with E-state index in [-0.39, 0.29) is 11.6 Å². The van der Waals surface area contributed by atoms with Crippen molar-refractivity contribution >= 4 is 29.3 Å². The van der Waals surface area contributed by atoms with Crippen molar-refractivity contribution in [2.24, 2.45) is 5.41 Å². The maximum absolute atomic E-state index is 14.0. The fraction of sp³-hybridized carbons (Fsp3) is 0.231. The molecular weight excluding hydrogens is 391 g/mol. The van der Waals surface area contributed by atoms with E-state index >= 15 is 0 Å². The summed E-state index contributed by atoms with van der Waals surface area (Å²) >= 11 is 0. The molecule has 0 aliphatic rings. The minimum atomic E-state index is -3.02. The highest BCUT2D eigenvalue weighted by Crippen LogP contribution is 2.42. The summed E-state index contributed by atoms with van der Waals surface area (Å²) in [5, 5.41) is 1.26. The van der Waals surface area contributed by atoms with Crippen LogP contribution in [0.2, 0.25) is 0 Å². The monoisotopic (exact) mass is 418 g/mol. The van der Waals surface area contributed by atoms with Gasteiger partial charge in [0.05, 0.1) is 0 Å². The van der Waals surface area contributed by atoms with Crippen molar-refractivity contribution in [3.8, 4) is 0 Å². The molecule has 2 atom stereocenters. The van der Waals surface area contributed by atoms with Crippen LogP contribution in [0.25, 0.3) is 0 Å². The SMILES string of the molecule is CC(C)(C)C(=O)C(C(=O)c1ccccc1)c1ccccc1P(C)(=O)c1ccccc1. The highest BCUT2D eigenvalue weighted by atomic mass is 31.2. The molecule has 0 radical (unpaired) electrons. The van der Waals surface area contributed by atoms with E-state index in [2.05, 4.69) is 0 Å². The third-order valence-corrected chi connectivity index (χ3v) is 7.89. The van der Waals surface area contributed by atoms with Crippen molar-refractivity contribution in [1.29, 1.82) is 0 Å². The van der Waals surface area contributed by atoms with Crippen molar-refractivity contribution in [1.82, 2.24) is 0 Å². The number of carbonyl (C=O) groups excluding carboxylic acids is 2. The molecule has 3 nitrogen and oxygen atoms in total. The first-order valence-corrected chi connectivity index (χ1v) is 12.2. The second-order valence-corrected chi connectivity index (χ2v) is 11.4. The Hall–Kier alpha value is -2.77. The Balaban J connectivity index is 2.22. The van der Waals surface area contributed by atoms with E-state index in [1.54, 1.807) is 49.1 Å². The minimum absolute atomic E-state index is 0.183. The van der Waals surface area contributed by atoms with Crippen LogP contribution in [0.5, 0.6) is 0 Å². The molecule has 0 spiro atoms. The zero-order chi connectivity index (χ0) is 21.9. The van der Waals surface area contributed by atoms with Crippen molar-refractivity contribution in [2.75, 3.05) is 6.66 Å². The Bertz CT molecular complexity index is 1100. The molecule has 3 aromatic rings. The van der Waals surface area contributed by atoms with Crippen LogP contribution in [0, 0.1) is 5.41 Å². The molecule has 0 fully saturated rings. The number of rotatable bonds is 6. The van der Waals surface area contributed by atoms with Gasteiger partial charge in [-0.3, -0.25) is 9.59 Å². The lowest BCUT2D eigenvalue weighted by molar-refractivity contribution is -0.126. The quantitative estimate of drug-likeness (QED) is 0.314. The number of carbonyl (C=O) groups is 2. The van der Waals surface area contributed by atoms with Crippen LogP contribution < -0.4 is 10.6 Å². The van der Waals surface area contributed by atoms with Crippen molar-refractivity contribution in [3.05, 3.63) is 96.1 Å². The van der Waals surface area contributed by atoms with Crippen molar-refractivity contribution in [3.63, 3.8) is 0 Å². The zero-order valence-corrected chi connectivity index (χ0v) is 18.7. The third-order valence-electron chi connectivity index (χ3n) is 5.28. The highest BCUT2D eigenvalue weighted by molar-refractivity contribution is 7.78. The summed E-state index contributed by atoms with van der Waals surface area (Å²) in [5.41, 5.74) is 0.272. The molecule has 0 aliphatic heterocycles. The van der Waals surface area contributed by atoms with Gasteiger partial charge in [0.15, 0.2) is 11.6 Å². The lowest BCUT2D eigenvalue weighted by Gasteiger charge is -2.27. The third kappa shape index (κ3) is 4.37. The van der Waals surface area contributed by atoms with Gasteiger partial charge in [-0.2, -0.15) is 0 Å². The van der Waals surface area contributed by atoms with Gasteiger partial charge in [0, 0.05) is 21.6 Å². The predicted molar refractivity (Wildman–Crippen MR) is 124 cm³/mol. The Morgan fingerprint density at radius 2 is 1.27 bits per heavy atom. The lowest BCUT2D eigenvalue weighted by Crippen LogP contribution is -2.35. The Morgan fingerprint density at radius 3 is 1.83 bits per heavy atom. The lowest BCUT2D eigenvalue weighted by atomic mass is 9.76. The number of hydrogen-bond donors (Lipinski definition) is 0. The molecule has 0 heterocycles. The van der Waals surface area contributed by atoms with Gasteiger partial charge < -0.3 is 4.57 Å². The highest BCUT2D eigenvalue weighted by Gasteiger charge is 2.39. The van der Waals surface area contributed by atoms with Gasteiger partial charge in [0.25, 0.3) is 0 Å². The fourth-order valence-electron chi connectivity index (χ4n) is 3.58. The first-order chi connectivity index (χ1) is 14.1. The number of benzene rings is 3. The van der Waals surface area contributed by atoms with Gasteiger partial charge >= 0.3 is 0 Å². The van der Waals surface area contributed by atoms with E-state index in [1.165, 1.54) is 0 Å². The Kier molecular flexibility index (Phi) is 6.24. The zero-order valence-electron chi connectivity index (χ0n) is 17.8. The summed E-state index contributed by atoms with van der Waals surface area (Å²) in [6.07, 6.45) is 0. The van der Waals surface area contributed by atoms with Crippen LogP contribution >= 0.6 is 7.14 Å². The molecule has 0 bridgehead atoms. The maximum atomic E-state index is 14.0. The molecule has 4 heteroatoms. The van der Waals surface area contributed by atoms with Crippen LogP contribution in [0.4, 0.5) is 0 Å². The first kappa shape index (κ1) is 21.9. The van der Waals surface area contributed by atoms with E-state index in [1.807, 2.05) is 63.2 Å². The summed E-state index contributed by atoms with van der Waals surface area (Å²) in [7, 11) is -3.02. The van der Waals surface area contributed by atoms with Crippen LogP contribution in [-0.2, 0) is 9.36 Å². The first-order valence-electron chi connectivity index (χ1n) is 10.00. The van der Waals surface area contributed by atoms with Gasteiger partial charge in [-0.05, 0) is 12.2 Å². The predicted octanol–water partition coefficient (Wildman–Crippen LogP) is 5.21. The normalized spacial score (nSPS) is 14.5. The van der Waals surface area contributed by atoms with E-state index < -0.39 is 18.5 Å².